The molecule has 25 heavy (non-hydrogen) atoms. The molecule has 0 aliphatic heterocycles. The molecule has 0 saturated heterocycles. The highest BCUT2D eigenvalue weighted by Gasteiger charge is 2.36. The van der Waals surface area contributed by atoms with Crippen LogP contribution in [0.25, 0.3) is 0 Å². The Hall–Kier alpha value is -2.28. The fraction of sp³-hybridized carbons (Fsp3) is 0.467. The van der Waals surface area contributed by atoms with Crippen molar-refractivity contribution < 1.29 is 22.8 Å². The lowest BCUT2D eigenvalue weighted by Crippen LogP contribution is -2.43. The maximum absolute atomic E-state index is 13.1. The lowest BCUT2D eigenvalue weighted by Gasteiger charge is -2.15. The number of alkyl halides is 3. The van der Waals surface area contributed by atoms with Crippen LogP contribution in [-0.4, -0.2) is 28.2 Å². The second kappa shape index (κ2) is 7.31. The predicted molar refractivity (Wildman–Crippen MR) is 83.7 cm³/mol. The number of urea groups is 1. The van der Waals surface area contributed by atoms with Crippen LogP contribution in [-0.2, 0) is 11.0 Å². The van der Waals surface area contributed by atoms with Crippen molar-refractivity contribution in [1.29, 1.82) is 5.26 Å². The Balaban J connectivity index is 2.15. The molecule has 1 aromatic heterocycles. The van der Waals surface area contributed by atoms with Gasteiger partial charge in [0.25, 0.3) is 0 Å². The van der Waals surface area contributed by atoms with Gasteiger partial charge in [-0.1, -0.05) is 11.8 Å². The molecule has 10 heteroatoms. The molecule has 1 saturated carbocycles. The van der Waals surface area contributed by atoms with Crippen LogP contribution in [0.3, 0.4) is 0 Å². The van der Waals surface area contributed by atoms with E-state index in [2.05, 4.69) is 15.6 Å². The summed E-state index contributed by atoms with van der Waals surface area (Å²) in [6.45, 7) is 2.79. The van der Waals surface area contributed by atoms with Gasteiger partial charge in [-0.2, -0.15) is 18.4 Å². The first kappa shape index (κ1) is 19.1. The third-order valence-electron chi connectivity index (χ3n) is 3.34. The summed E-state index contributed by atoms with van der Waals surface area (Å²) in [6, 6.07) is 1.71. The number of thioether (sulfide) groups is 1. The number of pyridine rings is 1. The molecule has 1 aliphatic carbocycles. The molecule has 6 nitrogen and oxygen atoms in total. The number of hydrogen-bond acceptors (Lipinski definition) is 5. The highest BCUT2D eigenvalue weighted by molar-refractivity contribution is 8.00. The van der Waals surface area contributed by atoms with Gasteiger partial charge in [-0.15, -0.1) is 0 Å². The van der Waals surface area contributed by atoms with Gasteiger partial charge in [-0.3, -0.25) is 10.1 Å². The number of nitrogens with zero attached hydrogens (tertiary/aromatic N) is 2. The topological polar surface area (TPSA) is 94.9 Å². The SMILES string of the molecule is Cc1cc(C(F)(F)F)c(C#N)c(SC(C)C(=O)NC(=O)NC2CC2)n1. The van der Waals surface area contributed by atoms with Crippen molar-refractivity contribution in [3.8, 4) is 6.07 Å². The van der Waals surface area contributed by atoms with E-state index in [0.29, 0.717) is 11.8 Å². The molecule has 0 spiro atoms. The zero-order valence-corrected chi connectivity index (χ0v) is 14.2. The Labute approximate surface area is 146 Å². The molecular weight excluding hydrogens is 357 g/mol. The summed E-state index contributed by atoms with van der Waals surface area (Å²) in [7, 11) is 0. The van der Waals surface area contributed by atoms with Crippen LogP contribution < -0.4 is 10.6 Å². The summed E-state index contributed by atoms with van der Waals surface area (Å²) in [5.74, 6) is -0.677. The number of imide groups is 1. The Morgan fingerprint density at radius 2 is 2.08 bits per heavy atom. The van der Waals surface area contributed by atoms with Crippen LogP contribution in [0.5, 0.6) is 0 Å². The molecule has 1 fully saturated rings. The third-order valence-corrected chi connectivity index (χ3v) is 4.42. The number of nitrogens with one attached hydrogen (secondary N) is 2. The molecule has 1 aliphatic rings. The van der Waals surface area contributed by atoms with Crippen LogP contribution in [0.4, 0.5) is 18.0 Å². The lowest BCUT2D eigenvalue weighted by molar-refractivity contribution is -0.138. The van der Waals surface area contributed by atoms with E-state index in [4.69, 9.17) is 5.26 Å². The van der Waals surface area contributed by atoms with Crippen LogP contribution in [0.2, 0.25) is 0 Å². The van der Waals surface area contributed by atoms with Gasteiger partial charge in [0.15, 0.2) is 0 Å². The average Bonchev–Trinajstić information content (AvgIpc) is 3.29. The number of nitriles is 1. The van der Waals surface area contributed by atoms with Gasteiger partial charge in [0, 0.05) is 11.7 Å². The molecule has 1 aromatic rings. The van der Waals surface area contributed by atoms with Crippen LogP contribution in [0, 0.1) is 18.3 Å². The Kier molecular flexibility index (Phi) is 5.57. The fourth-order valence-electron chi connectivity index (χ4n) is 1.95. The second-order valence-corrected chi connectivity index (χ2v) is 6.93. The summed E-state index contributed by atoms with van der Waals surface area (Å²) < 4.78 is 39.2. The molecule has 0 aromatic carbocycles. The van der Waals surface area contributed by atoms with Crippen molar-refractivity contribution in [2.24, 2.45) is 0 Å². The van der Waals surface area contributed by atoms with Gasteiger partial charge in [-0.05, 0) is 32.8 Å². The minimum Gasteiger partial charge on any atom is -0.335 e. The highest BCUT2D eigenvalue weighted by atomic mass is 32.2. The minimum atomic E-state index is -4.70. The first-order chi connectivity index (χ1) is 11.6. The van der Waals surface area contributed by atoms with Gasteiger partial charge in [0.2, 0.25) is 5.91 Å². The van der Waals surface area contributed by atoms with Crippen molar-refractivity contribution in [1.82, 2.24) is 15.6 Å². The van der Waals surface area contributed by atoms with E-state index < -0.39 is 34.5 Å². The molecular formula is C15H15F3N4O2S. The smallest absolute Gasteiger partial charge is 0.335 e. The van der Waals surface area contributed by atoms with Crippen LogP contribution >= 0.6 is 11.8 Å². The number of carbonyl (C=O) groups is 2. The van der Waals surface area contributed by atoms with E-state index in [1.165, 1.54) is 19.9 Å². The zero-order valence-electron chi connectivity index (χ0n) is 13.4. The summed E-state index contributed by atoms with van der Waals surface area (Å²) in [5, 5.41) is 12.7. The van der Waals surface area contributed by atoms with Crippen LogP contribution in [0.15, 0.2) is 11.1 Å². The molecule has 2 rings (SSSR count). The Morgan fingerprint density at radius 1 is 1.44 bits per heavy atom. The number of hydrogen-bond donors (Lipinski definition) is 2. The van der Waals surface area contributed by atoms with Gasteiger partial charge >= 0.3 is 12.2 Å². The molecule has 1 atom stereocenters. The predicted octanol–water partition coefficient (Wildman–Crippen LogP) is 2.75. The molecule has 0 radical (unpaired) electrons. The van der Waals surface area contributed by atoms with Gasteiger partial charge in [0.05, 0.1) is 16.4 Å². The molecule has 2 N–H and O–H groups in total. The molecule has 0 bridgehead atoms. The maximum Gasteiger partial charge on any atom is 0.417 e. The maximum atomic E-state index is 13.1. The number of carbonyl (C=O) groups excluding carboxylic acids is 2. The van der Waals surface area contributed by atoms with Gasteiger partial charge in [0.1, 0.15) is 11.1 Å². The molecule has 3 amide bonds. The van der Waals surface area contributed by atoms with Crippen molar-refractivity contribution >= 4 is 23.7 Å². The number of aromatic nitrogens is 1. The van der Waals surface area contributed by atoms with Gasteiger partial charge < -0.3 is 5.32 Å². The minimum absolute atomic E-state index is 0.0636. The quantitative estimate of drug-likeness (QED) is 0.793. The van der Waals surface area contributed by atoms with E-state index in [1.807, 2.05) is 0 Å². The number of rotatable bonds is 4. The van der Waals surface area contributed by atoms with Crippen LogP contribution in [0.1, 0.15) is 36.6 Å². The number of amides is 3. The number of aryl methyl sites for hydroxylation is 1. The normalized spacial score (nSPS) is 15.2. The first-order valence-corrected chi connectivity index (χ1v) is 8.26. The monoisotopic (exact) mass is 372 g/mol. The van der Waals surface area contributed by atoms with E-state index in [-0.39, 0.29) is 16.8 Å². The third kappa shape index (κ3) is 5.09. The Bertz CT molecular complexity index is 742. The lowest BCUT2D eigenvalue weighted by atomic mass is 10.1. The summed E-state index contributed by atoms with van der Waals surface area (Å²) in [4.78, 5) is 27.5. The highest BCUT2D eigenvalue weighted by Crippen LogP contribution is 2.36. The van der Waals surface area contributed by atoms with Gasteiger partial charge in [-0.25, -0.2) is 9.78 Å². The first-order valence-electron chi connectivity index (χ1n) is 7.38. The molecule has 1 heterocycles. The number of halogens is 3. The largest absolute Gasteiger partial charge is 0.417 e. The average molecular weight is 372 g/mol. The summed E-state index contributed by atoms with van der Waals surface area (Å²) in [6.07, 6.45) is -3.00. The van der Waals surface area contributed by atoms with E-state index in [1.54, 1.807) is 0 Å². The van der Waals surface area contributed by atoms with E-state index in [9.17, 15) is 22.8 Å². The Morgan fingerprint density at radius 3 is 2.60 bits per heavy atom. The van der Waals surface area contributed by atoms with Crippen molar-refractivity contribution in [2.75, 3.05) is 0 Å². The second-order valence-electron chi connectivity index (χ2n) is 5.60. The standard InChI is InChI=1S/C15H15F3N4O2S/c1-7-5-11(15(16,17)18)10(6-19)13(20-7)25-8(2)12(23)22-14(24)21-9-3-4-9/h5,8-9H,3-4H2,1-2H3,(H2,21,22,23,24). The molecule has 134 valence electrons. The van der Waals surface area contributed by atoms with Crippen molar-refractivity contribution in [3.63, 3.8) is 0 Å². The molecule has 1 unspecified atom stereocenters. The zero-order chi connectivity index (χ0) is 18.8. The van der Waals surface area contributed by atoms with Crippen molar-refractivity contribution in [2.45, 2.75) is 49.2 Å². The van der Waals surface area contributed by atoms with E-state index in [0.717, 1.165) is 18.9 Å². The summed E-state index contributed by atoms with van der Waals surface area (Å²) >= 11 is 0.698. The van der Waals surface area contributed by atoms with E-state index >= 15 is 0 Å². The summed E-state index contributed by atoms with van der Waals surface area (Å²) in [5.41, 5.74) is -1.65. The fourth-order valence-corrected chi connectivity index (χ4v) is 2.92. The van der Waals surface area contributed by atoms with Crippen molar-refractivity contribution in [3.05, 3.63) is 22.9 Å².